The summed E-state index contributed by atoms with van der Waals surface area (Å²) >= 11 is 12.0. The van der Waals surface area contributed by atoms with Crippen molar-refractivity contribution in [1.29, 1.82) is 0 Å². The van der Waals surface area contributed by atoms with Crippen molar-refractivity contribution >= 4 is 46.2 Å². The van der Waals surface area contributed by atoms with Gasteiger partial charge in [0.2, 0.25) is 0 Å². The molecule has 2 unspecified atom stereocenters. The first-order chi connectivity index (χ1) is 14.3. The van der Waals surface area contributed by atoms with Crippen LogP contribution in [0.25, 0.3) is 0 Å². The lowest BCUT2D eigenvalue weighted by molar-refractivity contribution is 0.475. The van der Waals surface area contributed by atoms with Gasteiger partial charge in [0, 0.05) is 17.9 Å². The van der Waals surface area contributed by atoms with E-state index in [2.05, 4.69) is 20.2 Å². The highest BCUT2D eigenvalue weighted by Gasteiger charge is 2.13. The van der Waals surface area contributed by atoms with E-state index in [-0.39, 0.29) is 46.6 Å². The SMILES string of the molecule is CC(CN=NCC(CCl)C(N)=Nc1ccc(O)cc1Cl)C(N)=Nc1ccc(O)cc1. The Kier molecular flexibility index (Phi) is 8.89. The number of amidine groups is 2. The number of nitrogens with two attached hydrogens (primary N) is 2. The normalized spacial score (nSPS) is 14.8. The van der Waals surface area contributed by atoms with E-state index in [0.29, 0.717) is 23.8 Å². The first kappa shape index (κ1) is 23.4. The fourth-order valence-electron chi connectivity index (χ4n) is 2.25. The Labute approximate surface area is 185 Å². The highest BCUT2D eigenvalue weighted by atomic mass is 35.5. The van der Waals surface area contributed by atoms with Crippen LogP contribution in [0.15, 0.2) is 62.7 Å². The number of alkyl halides is 1. The molecule has 0 amide bonds. The molecule has 0 bridgehead atoms. The molecule has 6 N–H and O–H groups in total. The van der Waals surface area contributed by atoms with Gasteiger partial charge in [0.25, 0.3) is 0 Å². The molecule has 0 aromatic heterocycles. The molecule has 0 aliphatic heterocycles. The standard InChI is InChI=1S/C20H24Cl2N6O2/c1-12(19(23)27-14-2-4-15(29)5-3-14)10-25-26-11-13(9-21)20(24)28-18-7-6-16(30)8-17(18)22/h2-8,12-13,29-30H,9-11H2,1H3,(H2,23,27)(H2,24,28). The average Bonchev–Trinajstić information content (AvgIpc) is 2.71. The molecule has 2 rings (SSSR count). The summed E-state index contributed by atoms with van der Waals surface area (Å²) in [5, 5.41) is 27.3. The minimum atomic E-state index is -0.321. The molecule has 0 aliphatic carbocycles. The first-order valence-electron chi connectivity index (χ1n) is 9.15. The number of halogens is 2. The van der Waals surface area contributed by atoms with Gasteiger partial charge in [-0.05, 0) is 36.4 Å². The van der Waals surface area contributed by atoms with Crippen LogP contribution < -0.4 is 11.5 Å². The van der Waals surface area contributed by atoms with Crippen LogP contribution in [0, 0.1) is 11.8 Å². The van der Waals surface area contributed by atoms with Gasteiger partial charge in [-0.15, -0.1) is 11.6 Å². The van der Waals surface area contributed by atoms with Crippen molar-refractivity contribution in [2.45, 2.75) is 6.92 Å². The van der Waals surface area contributed by atoms with Crippen LogP contribution in [-0.4, -0.2) is 40.9 Å². The second-order valence-corrected chi connectivity index (χ2v) is 7.34. The van der Waals surface area contributed by atoms with Gasteiger partial charge in [-0.3, -0.25) is 0 Å². The summed E-state index contributed by atoms with van der Waals surface area (Å²) in [6, 6.07) is 10.8. The number of phenols is 2. The van der Waals surface area contributed by atoms with E-state index in [1.54, 1.807) is 30.3 Å². The maximum Gasteiger partial charge on any atom is 0.117 e. The number of nitrogens with zero attached hydrogens (tertiary/aromatic N) is 4. The molecule has 0 spiro atoms. The molecule has 2 aromatic rings. The molecule has 10 heteroatoms. The predicted molar refractivity (Wildman–Crippen MR) is 122 cm³/mol. The molecule has 0 radical (unpaired) electrons. The van der Waals surface area contributed by atoms with E-state index >= 15 is 0 Å². The van der Waals surface area contributed by atoms with Crippen molar-refractivity contribution in [1.82, 2.24) is 0 Å². The number of hydrogen-bond acceptors (Lipinski definition) is 6. The number of benzene rings is 2. The Morgan fingerprint density at radius 1 is 0.933 bits per heavy atom. The fourth-order valence-corrected chi connectivity index (χ4v) is 2.73. The summed E-state index contributed by atoms with van der Waals surface area (Å²) in [4.78, 5) is 8.58. The molecule has 160 valence electrons. The number of hydrogen-bond donors (Lipinski definition) is 4. The Morgan fingerprint density at radius 2 is 1.57 bits per heavy atom. The zero-order valence-corrected chi connectivity index (χ0v) is 17.9. The molecule has 2 atom stereocenters. The van der Waals surface area contributed by atoms with Gasteiger partial charge in [-0.25, -0.2) is 9.98 Å². The van der Waals surface area contributed by atoms with E-state index in [0.717, 1.165) is 0 Å². The largest absolute Gasteiger partial charge is 0.508 e. The summed E-state index contributed by atoms with van der Waals surface area (Å²) in [6.07, 6.45) is 0. The molecule has 0 fully saturated rings. The van der Waals surface area contributed by atoms with Crippen LogP contribution in [0.1, 0.15) is 6.92 Å². The highest BCUT2D eigenvalue weighted by Crippen LogP contribution is 2.28. The van der Waals surface area contributed by atoms with E-state index in [1.807, 2.05) is 6.92 Å². The van der Waals surface area contributed by atoms with Gasteiger partial charge in [-0.2, -0.15) is 10.2 Å². The molecule has 30 heavy (non-hydrogen) atoms. The van der Waals surface area contributed by atoms with Crippen molar-refractivity contribution in [3.63, 3.8) is 0 Å². The van der Waals surface area contributed by atoms with E-state index < -0.39 is 0 Å². The molecule has 0 saturated carbocycles. The highest BCUT2D eigenvalue weighted by molar-refractivity contribution is 6.33. The Bertz CT molecular complexity index is 931. The lowest BCUT2D eigenvalue weighted by Gasteiger charge is -2.11. The smallest absolute Gasteiger partial charge is 0.117 e. The summed E-state index contributed by atoms with van der Waals surface area (Å²) in [5.41, 5.74) is 13.1. The van der Waals surface area contributed by atoms with Crippen molar-refractivity contribution < 1.29 is 10.2 Å². The third kappa shape index (κ3) is 7.20. The van der Waals surface area contributed by atoms with E-state index in [1.165, 1.54) is 12.1 Å². The summed E-state index contributed by atoms with van der Waals surface area (Å²) < 4.78 is 0. The van der Waals surface area contributed by atoms with Gasteiger partial charge < -0.3 is 21.7 Å². The van der Waals surface area contributed by atoms with Gasteiger partial charge in [-0.1, -0.05) is 18.5 Å². The fraction of sp³-hybridized carbons (Fsp3) is 0.300. The molecule has 2 aromatic carbocycles. The van der Waals surface area contributed by atoms with E-state index in [4.69, 9.17) is 34.7 Å². The summed E-state index contributed by atoms with van der Waals surface area (Å²) in [6.45, 7) is 2.50. The van der Waals surface area contributed by atoms with Crippen LogP contribution in [-0.2, 0) is 0 Å². The minimum Gasteiger partial charge on any atom is -0.508 e. The molecule has 0 aliphatic rings. The number of phenolic OH excluding ortho intramolecular Hbond substituents is 2. The van der Waals surface area contributed by atoms with Gasteiger partial charge in [0.15, 0.2) is 0 Å². The Morgan fingerprint density at radius 3 is 2.20 bits per heavy atom. The molecular formula is C20H24Cl2N6O2. The number of rotatable bonds is 9. The number of aromatic hydroxyl groups is 2. The monoisotopic (exact) mass is 450 g/mol. The third-order valence-electron chi connectivity index (χ3n) is 4.16. The molecule has 0 saturated heterocycles. The average molecular weight is 451 g/mol. The minimum absolute atomic E-state index is 0.0440. The zero-order chi connectivity index (χ0) is 22.1. The Balaban J connectivity index is 1.93. The third-order valence-corrected chi connectivity index (χ3v) is 4.83. The lowest BCUT2D eigenvalue weighted by atomic mass is 10.1. The molecule has 8 nitrogen and oxygen atoms in total. The predicted octanol–water partition coefficient (Wildman–Crippen LogP) is 4.37. The topological polar surface area (TPSA) is 142 Å². The van der Waals surface area contributed by atoms with Crippen LogP contribution in [0.4, 0.5) is 11.4 Å². The zero-order valence-electron chi connectivity index (χ0n) is 16.4. The van der Waals surface area contributed by atoms with Crippen molar-refractivity contribution in [3.8, 4) is 11.5 Å². The number of azo groups is 1. The maximum absolute atomic E-state index is 9.41. The maximum atomic E-state index is 9.41. The van der Waals surface area contributed by atoms with Crippen LogP contribution in [0.2, 0.25) is 5.02 Å². The van der Waals surface area contributed by atoms with Crippen LogP contribution >= 0.6 is 23.2 Å². The van der Waals surface area contributed by atoms with Gasteiger partial charge in [0.1, 0.15) is 23.2 Å². The first-order valence-corrected chi connectivity index (χ1v) is 10.1. The van der Waals surface area contributed by atoms with Crippen molar-refractivity contribution in [3.05, 3.63) is 47.5 Å². The van der Waals surface area contributed by atoms with Crippen molar-refractivity contribution in [2.24, 2.45) is 43.5 Å². The number of aliphatic imine (C=N–C) groups is 2. The van der Waals surface area contributed by atoms with Crippen LogP contribution in [0.3, 0.4) is 0 Å². The van der Waals surface area contributed by atoms with Crippen molar-refractivity contribution in [2.75, 3.05) is 19.0 Å². The van der Waals surface area contributed by atoms with Gasteiger partial charge in [0.05, 0.1) is 35.4 Å². The molecule has 0 heterocycles. The van der Waals surface area contributed by atoms with E-state index in [9.17, 15) is 10.2 Å². The van der Waals surface area contributed by atoms with Crippen LogP contribution in [0.5, 0.6) is 11.5 Å². The quantitative estimate of drug-likeness (QED) is 0.194. The molecular weight excluding hydrogens is 427 g/mol. The second kappa shape index (κ2) is 11.4. The Hall–Kier alpha value is -2.84. The summed E-state index contributed by atoms with van der Waals surface area (Å²) in [5.74, 6) is 0.664. The second-order valence-electron chi connectivity index (χ2n) is 6.63. The lowest BCUT2D eigenvalue weighted by Crippen LogP contribution is -2.27. The summed E-state index contributed by atoms with van der Waals surface area (Å²) in [7, 11) is 0. The van der Waals surface area contributed by atoms with Gasteiger partial charge >= 0.3 is 0 Å².